The molecule has 26 nitrogen and oxygen atoms in total. The number of urea groups is 1. The molecule has 2 aromatic heterocycles. The summed E-state index contributed by atoms with van der Waals surface area (Å²) in [5.41, 5.74) is 9.49. The summed E-state index contributed by atoms with van der Waals surface area (Å²) in [4.78, 5) is 96.6. The molecule has 2 aliphatic carbocycles. The second-order valence-electron chi connectivity index (χ2n) is 20.5. The largest absolute Gasteiger partial charge is 0.446 e. The van der Waals surface area contributed by atoms with Crippen LogP contribution in [0.1, 0.15) is 101 Å². The highest BCUT2D eigenvalue weighted by molar-refractivity contribution is 7.84. The van der Waals surface area contributed by atoms with Crippen molar-refractivity contribution in [1.29, 1.82) is 0 Å². The quantitative estimate of drug-likeness (QED) is 0.0299. The number of alkyl carbamates (subject to hydrolysis) is 2. The minimum absolute atomic E-state index is 0.00883. The second-order valence-corrected chi connectivity index (χ2v) is 21.7. The van der Waals surface area contributed by atoms with Gasteiger partial charge in [0.1, 0.15) is 36.3 Å². The first-order valence-corrected chi connectivity index (χ1v) is 29.0. The summed E-state index contributed by atoms with van der Waals surface area (Å²) >= 11 is 0. The van der Waals surface area contributed by atoms with Crippen LogP contribution in [0.3, 0.4) is 0 Å². The van der Waals surface area contributed by atoms with E-state index >= 15 is 0 Å². The van der Waals surface area contributed by atoms with Crippen LogP contribution in [0, 0.1) is 17.8 Å². The van der Waals surface area contributed by atoms with E-state index in [-0.39, 0.29) is 128 Å². The number of nitrogens with one attached hydrogen (secondary N) is 6. The van der Waals surface area contributed by atoms with E-state index in [0.717, 1.165) is 18.2 Å². The molecule has 0 bridgehead atoms. The predicted molar refractivity (Wildman–Crippen MR) is 300 cm³/mol. The first kappa shape index (κ1) is 63.9. The van der Waals surface area contributed by atoms with Gasteiger partial charge in [0.25, 0.3) is 0 Å². The third kappa shape index (κ3) is 21.2. The molecule has 6 amide bonds. The molecule has 6 rings (SSSR count). The molecular formula is C55H77N11O15S. The highest BCUT2D eigenvalue weighted by atomic mass is 32.2. The number of carbonyl (C=O) groups is 7. The molecule has 2 aliphatic rings. The Balaban J connectivity index is 0.847. The van der Waals surface area contributed by atoms with Crippen molar-refractivity contribution in [3.63, 3.8) is 0 Å². The van der Waals surface area contributed by atoms with Crippen LogP contribution < -0.4 is 42.8 Å². The first-order valence-electron chi connectivity index (χ1n) is 27.5. The van der Waals surface area contributed by atoms with E-state index in [2.05, 4.69) is 54.0 Å². The van der Waals surface area contributed by atoms with E-state index in [1.807, 2.05) is 29.0 Å². The molecular weight excluding hydrogens is 1090 g/mol. The number of fused-ring (bicyclic) bond motifs is 2. The number of carbonyl (C=O) groups excluding carboxylic acids is 7. The zero-order chi connectivity index (χ0) is 59.0. The van der Waals surface area contributed by atoms with Crippen LogP contribution in [-0.4, -0.2) is 143 Å². The third-order valence-electron chi connectivity index (χ3n) is 13.9. The van der Waals surface area contributed by atoms with Crippen molar-refractivity contribution in [1.82, 2.24) is 35.8 Å². The predicted octanol–water partition coefficient (Wildman–Crippen LogP) is 4.25. The van der Waals surface area contributed by atoms with Gasteiger partial charge >= 0.3 is 28.5 Å². The lowest BCUT2D eigenvalue weighted by Gasteiger charge is -2.24. The number of aryl methyl sites for hydroxylation is 1. The van der Waals surface area contributed by atoms with E-state index in [0.29, 0.717) is 42.0 Å². The minimum Gasteiger partial charge on any atom is -0.446 e. The van der Waals surface area contributed by atoms with E-state index < -0.39 is 64.3 Å². The van der Waals surface area contributed by atoms with E-state index in [1.54, 1.807) is 38.1 Å². The number of nitrogens with zero attached hydrogens (tertiary/aromatic N) is 3. The second kappa shape index (κ2) is 32.4. The average molecular weight is 1160 g/mol. The van der Waals surface area contributed by atoms with Gasteiger partial charge in [0.05, 0.1) is 63.7 Å². The molecule has 4 aromatic rings. The Morgan fingerprint density at radius 1 is 0.817 bits per heavy atom. The maximum atomic E-state index is 13.6. The molecule has 0 radical (unpaired) electrons. The van der Waals surface area contributed by atoms with E-state index in [9.17, 15) is 42.0 Å². The van der Waals surface area contributed by atoms with Crippen LogP contribution in [0.4, 0.5) is 25.9 Å². The first-order chi connectivity index (χ1) is 39.3. The molecule has 82 heavy (non-hydrogen) atoms. The SMILES string of the molecule is CC(=O)CCOCCC(=O)N[C@@H](C(=O)C[C@H](CCCNC(N)=O)C(=O)Nc1ccc(COC(=O)NCCOCCOCCNC(=O)O[C@H]2C[C@H](n3ccc4c(N[C@H]5CCc6ccccc65)ncnc43)C[C@H]2COS(N)(=O)=O)cc1)C(C)C. The van der Waals surface area contributed by atoms with Crippen molar-refractivity contribution in [3.05, 3.63) is 83.8 Å². The standard InChI is InChI=1S/C55H77N11O15S/c1-35(2)49(65-48(69)18-24-76-23-17-36(3)67)46(68)30-39(8-6-19-58-53(56)71)52(70)63-41-13-10-37(11-14-41)32-79-54(72)59-20-25-77-27-28-78-26-21-60-55(73)81-47-31-42(29-40(47)33-80-82(57,74)75)66-22-16-44-50(61-34-62-51(44)66)64-45-15-12-38-7-4-5-9-43(38)45/h4-5,7,9-11,13-14,16,22,34-35,39-40,42,45,47,49H,6,8,12,15,17-21,23-33H2,1-3H3,(H,59,72)(H,60,73)(H,63,70)(H,65,69)(H3,56,58,71)(H2,57,74,75)(H,61,62,64)/t39-,40-,42+,45-,47-,49+/m0/s1. The summed E-state index contributed by atoms with van der Waals surface area (Å²) < 4.78 is 58.0. The molecule has 0 unspecified atom stereocenters. The zero-order valence-electron chi connectivity index (χ0n) is 46.6. The van der Waals surface area contributed by atoms with Crippen LogP contribution in [0.25, 0.3) is 11.0 Å². The fraction of sp³-hybridized carbons (Fsp3) is 0.545. The number of hydrogen-bond acceptors (Lipinski definition) is 18. The van der Waals surface area contributed by atoms with E-state index in [4.69, 9.17) is 38.7 Å². The van der Waals surface area contributed by atoms with Crippen molar-refractivity contribution in [3.8, 4) is 0 Å². The van der Waals surface area contributed by atoms with Gasteiger partial charge < -0.3 is 65.9 Å². The van der Waals surface area contributed by atoms with Crippen LogP contribution in [-0.2, 0) is 70.4 Å². The van der Waals surface area contributed by atoms with Gasteiger partial charge in [-0.15, -0.1) is 0 Å². The number of anilines is 2. The summed E-state index contributed by atoms with van der Waals surface area (Å²) in [5.74, 6) is -2.08. The topological polar surface area (TPSA) is 364 Å². The summed E-state index contributed by atoms with van der Waals surface area (Å²) in [6.07, 6.45) is 4.66. The van der Waals surface area contributed by atoms with Gasteiger partial charge in [0, 0.05) is 75.1 Å². The Morgan fingerprint density at radius 2 is 1.52 bits per heavy atom. The lowest BCUT2D eigenvalue weighted by atomic mass is 9.89. The molecule has 0 saturated heterocycles. The number of primary amides is 1. The van der Waals surface area contributed by atoms with Crippen LogP contribution in [0.15, 0.2) is 67.1 Å². The van der Waals surface area contributed by atoms with Gasteiger partial charge in [-0.25, -0.2) is 29.5 Å². The number of rotatable bonds is 35. The number of Topliss-reactive ketones (excluding diaryl/α,β-unsaturated/α-hetero) is 2. The maximum Gasteiger partial charge on any atom is 0.407 e. The van der Waals surface area contributed by atoms with Gasteiger partial charge in [-0.2, -0.15) is 8.42 Å². The Hall–Kier alpha value is -7.30. The minimum atomic E-state index is -4.25. The lowest BCUT2D eigenvalue weighted by Crippen LogP contribution is -2.45. The third-order valence-corrected chi connectivity index (χ3v) is 14.4. The number of ether oxygens (including phenoxy) is 5. The van der Waals surface area contributed by atoms with Gasteiger partial charge in [-0.1, -0.05) is 50.2 Å². The molecule has 10 N–H and O–H groups in total. The summed E-state index contributed by atoms with van der Waals surface area (Å²) in [5, 5.41) is 22.9. The molecule has 1 fully saturated rings. The van der Waals surface area contributed by atoms with Gasteiger partial charge in [-0.05, 0) is 79.8 Å². The van der Waals surface area contributed by atoms with Gasteiger partial charge in [0.15, 0.2) is 5.78 Å². The number of aromatic nitrogens is 3. The number of nitrogens with two attached hydrogens (primary N) is 2. The lowest BCUT2D eigenvalue weighted by molar-refractivity contribution is -0.131. The number of amides is 6. The molecule has 27 heteroatoms. The van der Waals surface area contributed by atoms with Crippen molar-refractivity contribution in [2.45, 2.75) is 109 Å². The summed E-state index contributed by atoms with van der Waals surface area (Å²) in [6, 6.07) is 15.2. The number of benzene rings is 2. The highest BCUT2D eigenvalue weighted by Crippen LogP contribution is 2.40. The zero-order valence-corrected chi connectivity index (χ0v) is 47.4. The molecule has 448 valence electrons. The van der Waals surface area contributed by atoms with Crippen LogP contribution >= 0.6 is 0 Å². The molecule has 2 heterocycles. The molecule has 0 aliphatic heterocycles. The van der Waals surface area contributed by atoms with Crippen molar-refractivity contribution >= 4 is 74.4 Å². The van der Waals surface area contributed by atoms with Crippen molar-refractivity contribution < 1.29 is 69.8 Å². The van der Waals surface area contributed by atoms with Crippen LogP contribution in [0.5, 0.6) is 0 Å². The molecule has 6 atom stereocenters. The fourth-order valence-electron chi connectivity index (χ4n) is 9.72. The average Bonchev–Trinajstić information content (AvgIpc) is 4.28. The molecule has 1 saturated carbocycles. The molecule has 2 aromatic carbocycles. The van der Waals surface area contributed by atoms with Crippen LogP contribution in [0.2, 0.25) is 0 Å². The summed E-state index contributed by atoms with van der Waals surface area (Å²) in [7, 11) is -4.25. The Labute approximate surface area is 476 Å². The van der Waals surface area contributed by atoms with Gasteiger partial charge in [-0.3, -0.25) is 23.4 Å². The smallest absolute Gasteiger partial charge is 0.407 e. The van der Waals surface area contributed by atoms with Crippen molar-refractivity contribution in [2.24, 2.45) is 28.6 Å². The number of hydrogen-bond donors (Lipinski definition) is 8. The fourth-order valence-corrected chi connectivity index (χ4v) is 10.1. The van der Waals surface area contributed by atoms with Crippen molar-refractivity contribution in [2.75, 3.05) is 76.5 Å². The maximum absolute atomic E-state index is 13.6. The Bertz CT molecular complexity index is 2890. The normalized spacial score (nSPS) is 17.3. The summed E-state index contributed by atoms with van der Waals surface area (Å²) in [6.45, 7) is 6.10. The van der Waals surface area contributed by atoms with E-state index in [1.165, 1.54) is 24.4 Å². The van der Waals surface area contributed by atoms with Gasteiger partial charge in [0.2, 0.25) is 11.8 Å². The highest BCUT2D eigenvalue weighted by Gasteiger charge is 2.39. The number of ketones is 2. The Morgan fingerprint density at radius 3 is 2.23 bits per heavy atom. The Kier molecular flexibility index (Phi) is 25.2. The monoisotopic (exact) mass is 1160 g/mol. The molecule has 0 spiro atoms.